The summed E-state index contributed by atoms with van der Waals surface area (Å²) in [6.07, 6.45) is 0.0425. The van der Waals surface area contributed by atoms with Crippen LogP contribution in [0.1, 0.15) is 18.9 Å². The van der Waals surface area contributed by atoms with E-state index in [0.717, 1.165) is 5.56 Å². The number of hydrogen-bond donors (Lipinski definition) is 1. The van der Waals surface area contributed by atoms with Crippen molar-refractivity contribution >= 4 is 51.7 Å². The first-order chi connectivity index (χ1) is 14.9. The van der Waals surface area contributed by atoms with Crippen LogP contribution in [0.15, 0.2) is 41.4 Å². The Bertz CT molecular complexity index is 1030. The van der Waals surface area contributed by atoms with Gasteiger partial charge in [0.05, 0.1) is 14.2 Å². The fourth-order valence-corrected chi connectivity index (χ4v) is 4.57. The summed E-state index contributed by atoms with van der Waals surface area (Å²) in [5.74, 6) is 0.808. The third-order valence-corrected chi connectivity index (χ3v) is 6.18. The molecule has 1 aliphatic heterocycles. The second kappa shape index (κ2) is 10.1. The van der Waals surface area contributed by atoms with E-state index in [1.165, 1.54) is 11.8 Å². The quantitative estimate of drug-likeness (QED) is 0.649. The second-order valence-corrected chi connectivity index (χ2v) is 8.44. The lowest BCUT2D eigenvalue weighted by atomic mass is 10.2. The molecular weight excluding hydrogens is 438 g/mol. The van der Waals surface area contributed by atoms with Gasteiger partial charge in [-0.1, -0.05) is 23.4 Å². The first-order valence-corrected chi connectivity index (χ1v) is 11.0. The van der Waals surface area contributed by atoms with E-state index >= 15 is 0 Å². The van der Waals surface area contributed by atoms with E-state index in [2.05, 4.69) is 10.3 Å². The summed E-state index contributed by atoms with van der Waals surface area (Å²) in [6, 6.07) is 10.5. The Hall–Kier alpha value is -2.71. The van der Waals surface area contributed by atoms with Crippen molar-refractivity contribution in [3.05, 3.63) is 47.0 Å². The number of benzene rings is 2. The van der Waals surface area contributed by atoms with Gasteiger partial charge >= 0.3 is 0 Å². The van der Waals surface area contributed by atoms with Gasteiger partial charge in [-0.3, -0.25) is 14.5 Å². The van der Waals surface area contributed by atoms with Crippen molar-refractivity contribution in [3.63, 3.8) is 0 Å². The molecule has 2 amide bonds. The lowest BCUT2D eigenvalue weighted by Gasteiger charge is -2.14. The van der Waals surface area contributed by atoms with Gasteiger partial charge in [0.25, 0.3) is 0 Å². The zero-order valence-corrected chi connectivity index (χ0v) is 19.3. The number of methoxy groups -OCH3 is 2. The molecule has 1 aliphatic rings. The Morgan fingerprint density at radius 2 is 2.00 bits per heavy atom. The van der Waals surface area contributed by atoms with Gasteiger partial charge in [-0.05, 0) is 49.7 Å². The minimum atomic E-state index is -0.546. The third kappa shape index (κ3) is 5.32. The number of amidine groups is 1. The van der Waals surface area contributed by atoms with Crippen LogP contribution in [0.25, 0.3) is 0 Å². The number of anilines is 1. The summed E-state index contributed by atoms with van der Waals surface area (Å²) in [7, 11) is 3.13. The molecule has 1 fully saturated rings. The Balaban J connectivity index is 1.76. The molecule has 1 heterocycles. The van der Waals surface area contributed by atoms with E-state index in [4.69, 9.17) is 21.1 Å². The highest BCUT2D eigenvalue weighted by atomic mass is 35.5. The first-order valence-electron chi connectivity index (χ1n) is 9.71. The van der Waals surface area contributed by atoms with E-state index in [9.17, 15) is 9.59 Å². The molecule has 0 radical (unpaired) electrons. The predicted molar refractivity (Wildman–Crippen MR) is 125 cm³/mol. The van der Waals surface area contributed by atoms with Crippen molar-refractivity contribution < 1.29 is 19.1 Å². The third-order valence-electron chi connectivity index (χ3n) is 4.77. The van der Waals surface area contributed by atoms with Crippen LogP contribution < -0.4 is 14.8 Å². The van der Waals surface area contributed by atoms with E-state index in [-0.39, 0.29) is 18.2 Å². The van der Waals surface area contributed by atoms with Gasteiger partial charge in [0.15, 0.2) is 5.17 Å². The van der Waals surface area contributed by atoms with Crippen LogP contribution in [0.4, 0.5) is 11.4 Å². The minimum absolute atomic E-state index is 0.0425. The first kappa shape index (κ1) is 23.0. The Labute approximate surface area is 190 Å². The molecule has 2 aromatic carbocycles. The van der Waals surface area contributed by atoms with Gasteiger partial charge in [-0.25, -0.2) is 4.99 Å². The largest absolute Gasteiger partial charge is 0.497 e. The Morgan fingerprint density at radius 3 is 2.65 bits per heavy atom. The molecule has 0 bridgehead atoms. The molecule has 0 spiro atoms. The molecule has 0 saturated carbocycles. The van der Waals surface area contributed by atoms with Gasteiger partial charge in [0.2, 0.25) is 11.8 Å². The van der Waals surface area contributed by atoms with Crippen molar-refractivity contribution in [2.45, 2.75) is 25.5 Å². The number of nitrogens with one attached hydrogen (secondary N) is 1. The number of hydrogen-bond acceptors (Lipinski definition) is 6. The van der Waals surface area contributed by atoms with E-state index < -0.39 is 5.25 Å². The van der Waals surface area contributed by atoms with E-state index in [1.807, 2.05) is 13.8 Å². The van der Waals surface area contributed by atoms with E-state index in [0.29, 0.717) is 39.6 Å². The number of carbonyl (C=O) groups is 2. The fraction of sp³-hybridized carbons (Fsp3) is 0.318. The molecule has 7 nitrogen and oxygen atoms in total. The van der Waals surface area contributed by atoms with Crippen molar-refractivity contribution in [3.8, 4) is 11.5 Å². The Kier molecular flexibility index (Phi) is 7.46. The smallest absolute Gasteiger partial charge is 0.242 e. The van der Waals surface area contributed by atoms with Crippen LogP contribution in [-0.2, 0) is 9.59 Å². The molecule has 0 aromatic heterocycles. The summed E-state index contributed by atoms with van der Waals surface area (Å²) in [5.41, 5.74) is 2.11. The maximum Gasteiger partial charge on any atom is 0.242 e. The number of nitrogens with zero attached hydrogens (tertiary/aromatic N) is 2. The molecule has 1 N–H and O–H groups in total. The minimum Gasteiger partial charge on any atom is -0.497 e. The maximum atomic E-state index is 12.9. The molecule has 3 rings (SSSR count). The zero-order chi connectivity index (χ0) is 22.5. The highest BCUT2D eigenvalue weighted by Crippen LogP contribution is 2.36. The fourth-order valence-electron chi connectivity index (χ4n) is 3.13. The normalized spacial score (nSPS) is 17.2. The molecule has 9 heteroatoms. The lowest BCUT2D eigenvalue weighted by Crippen LogP contribution is -2.33. The number of carbonyl (C=O) groups excluding carboxylic acids is 2. The molecule has 164 valence electrons. The number of halogens is 1. The monoisotopic (exact) mass is 461 g/mol. The lowest BCUT2D eigenvalue weighted by molar-refractivity contribution is -0.128. The second-order valence-electron chi connectivity index (χ2n) is 6.83. The predicted octanol–water partition coefficient (Wildman–Crippen LogP) is 4.65. The average Bonchev–Trinajstić information content (AvgIpc) is 3.04. The highest BCUT2D eigenvalue weighted by Gasteiger charge is 2.38. The van der Waals surface area contributed by atoms with Crippen molar-refractivity contribution in [2.75, 3.05) is 26.1 Å². The molecular formula is C22H24ClN3O4S. The van der Waals surface area contributed by atoms with E-state index in [1.54, 1.807) is 55.5 Å². The van der Waals surface area contributed by atoms with Crippen LogP contribution >= 0.6 is 23.4 Å². The van der Waals surface area contributed by atoms with Crippen LogP contribution in [-0.4, -0.2) is 47.9 Å². The summed E-state index contributed by atoms with van der Waals surface area (Å²) < 4.78 is 10.6. The zero-order valence-electron chi connectivity index (χ0n) is 17.8. The summed E-state index contributed by atoms with van der Waals surface area (Å²) in [4.78, 5) is 31.7. The number of rotatable bonds is 7. The van der Waals surface area contributed by atoms with Gasteiger partial charge in [0, 0.05) is 29.7 Å². The van der Waals surface area contributed by atoms with Crippen LogP contribution in [0.3, 0.4) is 0 Å². The number of ether oxygens (including phenoxy) is 2. The van der Waals surface area contributed by atoms with Gasteiger partial charge in [-0.2, -0.15) is 0 Å². The number of aliphatic imine (C=N–C) groups is 1. The average molecular weight is 462 g/mol. The van der Waals surface area contributed by atoms with Crippen molar-refractivity contribution in [1.29, 1.82) is 0 Å². The van der Waals surface area contributed by atoms with Crippen LogP contribution in [0.5, 0.6) is 11.5 Å². The highest BCUT2D eigenvalue weighted by molar-refractivity contribution is 8.15. The van der Waals surface area contributed by atoms with Gasteiger partial charge < -0.3 is 14.8 Å². The maximum absolute atomic E-state index is 12.9. The molecule has 31 heavy (non-hydrogen) atoms. The molecule has 1 saturated heterocycles. The molecule has 1 unspecified atom stereocenters. The number of amides is 2. The summed E-state index contributed by atoms with van der Waals surface area (Å²) >= 11 is 7.25. The summed E-state index contributed by atoms with van der Waals surface area (Å²) in [5, 5.41) is 3.45. The number of aryl methyl sites for hydroxylation is 1. The SMILES string of the molecule is CCN1C(=O)C(CC(=O)Nc2ccc(Cl)cc2C)SC1=Nc1ccc(OC)cc1OC. The summed E-state index contributed by atoms with van der Waals surface area (Å²) in [6.45, 7) is 4.19. The van der Waals surface area contributed by atoms with Crippen LogP contribution in [0.2, 0.25) is 5.02 Å². The molecule has 2 aromatic rings. The molecule has 1 atom stereocenters. The Morgan fingerprint density at radius 1 is 1.23 bits per heavy atom. The number of thioether (sulfide) groups is 1. The van der Waals surface area contributed by atoms with Crippen molar-refractivity contribution in [2.24, 2.45) is 4.99 Å². The topological polar surface area (TPSA) is 80.2 Å². The molecule has 0 aliphatic carbocycles. The standard InChI is InChI=1S/C22H24ClN3O4S/c1-5-26-21(28)19(12-20(27)24-16-8-6-14(23)10-13(16)2)31-22(26)25-17-9-7-15(29-3)11-18(17)30-4/h6-11,19H,5,12H2,1-4H3,(H,24,27). The van der Waals surface area contributed by atoms with Crippen molar-refractivity contribution in [1.82, 2.24) is 4.90 Å². The van der Waals surface area contributed by atoms with Gasteiger partial charge in [-0.15, -0.1) is 0 Å². The van der Waals surface area contributed by atoms with Crippen LogP contribution in [0, 0.1) is 6.92 Å². The van der Waals surface area contributed by atoms with Gasteiger partial charge in [0.1, 0.15) is 22.4 Å².